The van der Waals surface area contributed by atoms with Crippen LogP contribution < -0.4 is 20.7 Å². The van der Waals surface area contributed by atoms with Crippen LogP contribution in [0.1, 0.15) is 18.4 Å². The highest BCUT2D eigenvalue weighted by molar-refractivity contribution is 7.92. The molecule has 0 spiro atoms. The summed E-state index contributed by atoms with van der Waals surface area (Å²) < 4.78 is 40.3. The Hall–Kier alpha value is -2.59. The van der Waals surface area contributed by atoms with Gasteiger partial charge in [0.25, 0.3) is 5.91 Å². The molecule has 1 saturated heterocycles. The molecule has 30 heavy (non-hydrogen) atoms. The van der Waals surface area contributed by atoms with Crippen molar-refractivity contribution in [2.45, 2.75) is 24.3 Å². The summed E-state index contributed by atoms with van der Waals surface area (Å²) >= 11 is 6.48. The average molecular weight is 454 g/mol. The van der Waals surface area contributed by atoms with E-state index in [1.807, 2.05) is 4.90 Å². The first-order valence-corrected chi connectivity index (χ1v) is 11.3. The number of benzene rings is 1. The fourth-order valence-electron chi connectivity index (χ4n) is 3.96. The van der Waals surface area contributed by atoms with E-state index in [1.54, 1.807) is 24.4 Å². The monoisotopic (exact) mass is 453 g/mol. The third-order valence-electron chi connectivity index (χ3n) is 5.82. The zero-order chi connectivity index (χ0) is 21.8. The number of halogens is 2. The second kappa shape index (κ2) is 6.98. The van der Waals surface area contributed by atoms with Gasteiger partial charge in [-0.25, -0.2) is 17.8 Å². The number of carbonyl (C=O) groups excluding carboxylic acids is 1. The van der Waals surface area contributed by atoms with Gasteiger partial charge in [0.05, 0.1) is 17.1 Å². The van der Waals surface area contributed by atoms with Gasteiger partial charge >= 0.3 is 0 Å². The molecule has 2 aliphatic rings. The summed E-state index contributed by atoms with van der Waals surface area (Å²) in [6, 6.07) is 5.31. The van der Waals surface area contributed by atoms with Crippen molar-refractivity contribution in [1.29, 1.82) is 0 Å². The minimum absolute atomic E-state index is 0.0619. The molecule has 160 valence electrons. The number of anilines is 3. The highest BCUT2D eigenvalue weighted by Gasteiger charge is 2.41. The third kappa shape index (κ3) is 3.24. The van der Waals surface area contributed by atoms with Crippen molar-refractivity contribution in [3.63, 3.8) is 0 Å². The van der Waals surface area contributed by atoms with E-state index in [2.05, 4.69) is 4.98 Å². The quantitative estimate of drug-likeness (QED) is 0.733. The number of hydrogen-bond donors (Lipinski definition) is 2. The minimum Gasteiger partial charge on any atom is -0.382 e. The Morgan fingerprint density at radius 3 is 2.60 bits per heavy atom. The van der Waals surface area contributed by atoms with Crippen LogP contribution >= 0.6 is 11.6 Å². The number of hydrogen-bond acceptors (Lipinski definition) is 6. The van der Waals surface area contributed by atoms with Gasteiger partial charge in [-0.05, 0) is 23.3 Å². The molecule has 0 radical (unpaired) electrons. The van der Waals surface area contributed by atoms with Gasteiger partial charge in [-0.1, -0.05) is 17.7 Å². The van der Waals surface area contributed by atoms with Crippen molar-refractivity contribution >= 4 is 44.7 Å². The molecule has 0 bridgehead atoms. The van der Waals surface area contributed by atoms with E-state index in [-0.39, 0.29) is 42.5 Å². The van der Waals surface area contributed by atoms with Gasteiger partial charge < -0.3 is 16.4 Å². The lowest BCUT2D eigenvalue weighted by Gasteiger charge is -2.37. The van der Waals surface area contributed by atoms with Crippen LogP contribution in [0, 0.1) is 0 Å². The molecular formula is C19H21ClFN5O3S. The van der Waals surface area contributed by atoms with E-state index in [0.717, 1.165) is 5.56 Å². The molecule has 8 nitrogen and oxygen atoms in total. The van der Waals surface area contributed by atoms with Gasteiger partial charge in [0, 0.05) is 44.7 Å². The molecule has 1 fully saturated rings. The number of nitrogens with two attached hydrogens (primary N) is 2. The summed E-state index contributed by atoms with van der Waals surface area (Å²) in [7, 11) is -1.86. The summed E-state index contributed by atoms with van der Waals surface area (Å²) in [6.45, 7) is 0.440. The molecule has 2 aromatic rings. The first kappa shape index (κ1) is 20.7. The summed E-state index contributed by atoms with van der Waals surface area (Å²) in [5.41, 5.74) is 12.3. The van der Waals surface area contributed by atoms with Crippen molar-refractivity contribution in [1.82, 2.24) is 4.98 Å². The van der Waals surface area contributed by atoms with Crippen LogP contribution in [0.25, 0.3) is 11.1 Å². The number of sulfonamides is 1. The van der Waals surface area contributed by atoms with Gasteiger partial charge in [-0.2, -0.15) is 0 Å². The lowest BCUT2D eigenvalue weighted by molar-refractivity contribution is -0.130. The number of amides is 1. The molecule has 1 aromatic carbocycles. The van der Waals surface area contributed by atoms with Crippen molar-refractivity contribution in [2.75, 3.05) is 35.1 Å². The fourth-order valence-corrected chi connectivity index (χ4v) is 5.53. The number of fused-ring (bicyclic) bond motifs is 1. The highest BCUT2D eigenvalue weighted by Crippen LogP contribution is 2.43. The van der Waals surface area contributed by atoms with Crippen molar-refractivity contribution in [3.8, 4) is 11.1 Å². The summed E-state index contributed by atoms with van der Waals surface area (Å²) in [6.07, 6.45) is 1.44. The second-order valence-corrected chi connectivity index (χ2v) is 9.98. The number of piperidine rings is 1. The smallest absolute Gasteiger partial charge is 0.255 e. The van der Waals surface area contributed by atoms with Gasteiger partial charge in [0.2, 0.25) is 10.0 Å². The van der Waals surface area contributed by atoms with Crippen LogP contribution in [0.4, 0.5) is 21.6 Å². The van der Waals surface area contributed by atoms with E-state index in [4.69, 9.17) is 23.1 Å². The number of nitrogen functional groups attached to an aromatic ring is 1. The van der Waals surface area contributed by atoms with Gasteiger partial charge in [0.1, 0.15) is 10.8 Å². The van der Waals surface area contributed by atoms with E-state index in [9.17, 15) is 17.6 Å². The Labute approximate surface area is 178 Å². The van der Waals surface area contributed by atoms with Gasteiger partial charge in [0.15, 0.2) is 5.67 Å². The van der Waals surface area contributed by atoms with E-state index in [0.29, 0.717) is 22.5 Å². The van der Waals surface area contributed by atoms with Crippen molar-refractivity contribution < 1.29 is 17.6 Å². The average Bonchev–Trinajstić information content (AvgIpc) is 2.92. The maximum absolute atomic E-state index is 14.6. The third-order valence-corrected chi connectivity index (χ3v) is 7.90. The van der Waals surface area contributed by atoms with Gasteiger partial charge in [-0.15, -0.1) is 0 Å². The van der Waals surface area contributed by atoms with Crippen molar-refractivity contribution in [3.05, 3.63) is 35.0 Å². The maximum Gasteiger partial charge on any atom is 0.255 e. The number of pyridine rings is 1. The molecule has 0 saturated carbocycles. The number of primary amides is 1. The topological polar surface area (TPSA) is 123 Å². The Morgan fingerprint density at radius 2 is 1.97 bits per heavy atom. The summed E-state index contributed by atoms with van der Waals surface area (Å²) in [4.78, 5) is 17.4. The normalized spacial score (nSPS) is 19.6. The Balaban J connectivity index is 1.75. The lowest BCUT2D eigenvalue weighted by Crippen LogP contribution is -2.49. The first-order chi connectivity index (χ1) is 14.0. The van der Waals surface area contributed by atoms with Crippen molar-refractivity contribution in [2.24, 2.45) is 5.73 Å². The fraction of sp³-hybridized carbons (Fsp3) is 0.368. The molecule has 0 aliphatic carbocycles. The number of nitrogens with zero attached hydrogens (tertiary/aromatic N) is 3. The lowest BCUT2D eigenvalue weighted by atomic mass is 9.91. The van der Waals surface area contributed by atoms with Crippen LogP contribution in [0.5, 0.6) is 0 Å². The predicted molar refractivity (Wildman–Crippen MR) is 115 cm³/mol. The van der Waals surface area contributed by atoms with Gasteiger partial charge in [-0.3, -0.25) is 9.10 Å². The first-order valence-electron chi connectivity index (χ1n) is 9.31. The molecule has 1 amide bonds. The second-order valence-electron chi connectivity index (χ2n) is 7.60. The van der Waals surface area contributed by atoms with Crippen LogP contribution in [0.2, 0.25) is 5.02 Å². The molecule has 0 atom stereocenters. The van der Waals surface area contributed by atoms with Crippen LogP contribution in [-0.2, 0) is 20.6 Å². The highest BCUT2D eigenvalue weighted by atomic mass is 35.5. The molecule has 0 unspecified atom stereocenters. The van der Waals surface area contributed by atoms with E-state index in [1.165, 1.54) is 11.4 Å². The maximum atomic E-state index is 14.6. The zero-order valence-electron chi connectivity index (χ0n) is 16.2. The molecule has 1 aromatic heterocycles. The molecule has 2 aliphatic heterocycles. The number of aromatic nitrogens is 1. The Bertz CT molecular complexity index is 1150. The standard InChI is InChI=1S/C19H21ClFN5O3S/c1-25-14-3-2-11(8-12(14)10-30(25,28)29)13-9-24-17(22)15(20)16(13)26-6-4-19(21,5-7-26)18(23)27/h2-3,8-9H,4-7,10H2,1H3,(H2,22,24)(H2,23,27). The molecular weight excluding hydrogens is 433 g/mol. The Morgan fingerprint density at radius 1 is 1.30 bits per heavy atom. The Kier molecular flexibility index (Phi) is 4.81. The van der Waals surface area contributed by atoms with E-state index >= 15 is 0 Å². The predicted octanol–water partition coefficient (Wildman–Crippen LogP) is 2.06. The van der Waals surface area contributed by atoms with Crippen LogP contribution in [0.3, 0.4) is 0 Å². The minimum atomic E-state index is -3.37. The number of rotatable bonds is 3. The SMILES string of the molecule is CN1c2ccc(-c3cnc(N)c(Cl)c3N3CCC(F)(C(N)=O)CC3)cc2CS1(=O)=O. The van der Waals surface area contributed by atoms with Crippen LogP contribution in [0.15, 0.2) is 24.4 Å². The molecule has 4 rings (SSSR count). The summed E-state index contributed by atoms with van der Waals surface area (Å²) in [5, 5.41) is 0.225. The largest absolute Gasteiger partial charge is 0.382 e. The number of alkyl halides is 1. The van der Waals surface area contributed by atoms with Crippen LogP contribution in [-0.4, -0.2) is 45.1 Å². The molecule has 4 N–H and O–H groups in total. The summed E-state index contributed by atoms with van der Waals surface area (Å²) in [5.74, 6) is -0.928. The molecule has 3 heterocycles. The number of carbonyl (C=O) groups is 1. The molecule has 11 heteroatoms. The zero-order valence-corrected chi connectivity index (χ0v) is 17.8. The van der Waals surface area contributed by atoms with E-state index < -0.39 is 21.6 Å².